The van der Waals surface area contributed by atoms with Crippen LogP contribution in [0.1, 0.15) is 27.7 Å². The summed E-state index contributed by atoms with van der Waals surface area (Å²) in [6, 6.07) is 0. The Hall–Kier alpha value is -0.530. The van der Waals surface area contributed by atoms with Crippen LogP contribution in [0.15, 0.2) is 5.16 Å². The molecule has 0 saturated heterocycles. The Morgan fingerprint density at radius 2 is 1.89 bits per heavy atom. The fourth-order valence-electron chi connectivity index (χ4n) is 0.249. The van der Waals surface area contributed by atoms with Gasteiger partial charge in [-0.2, -0.15) is 0 Å². The molecule has 0 bridgehead atoms. The minimum atomic E-state index is 0.0718. The molecule has 1 radical (unpaired) electrons. The van der Waals surface area contributed by atoms with Crippen LogP contribution in [0.3, 0.4) is 0 Å². The smallest absolute Gasteiger partial charge is 0.129 e. The van der Waals surface area contributed by atoms with Crippen LogP contribution in [0.25, 0.3) is 0 Å². The van der Waals surface area contributed by atoms with Gasteiger partial charge in [-0.25, -0.2) is 0 Å². The normalized spacial score (nSPS) is 14.7. The summed E-state index contributed by atoms with van der Waals surface area (Å²) in [4.78, 5) is 4.81. The van der Waals surface area contributed by atoms with Gasteiger partial charge in [0.15, 0.2) is 0 Å². The van der Waals surface area contributed by atoms with E-state index in [1.54, 1.807) is 0 Å². The third kappa shape index (κ3) is 3.12. The van der Waals surface area contributed by atoms with Crippen LogP contribution in [-0.4, -0.2) is 12.8 Å². The van der Waals surface area contributed by atoms with Crippen molar-refractivity contribution in [3.05, 3.63) is 0 Å². The van der Waals surface area contributed by atoms with Gasteiger partial charge in [0.05, 0.1) is 6.72 Å². The Labute approximate surface area is 56.9 Å². The van der Waals surface area contributed by atoms with Crippen molar-refractivity contribution in [3.8, 4) is 0 Å². The van der Waals surface area contributed by atoms with E-state index in [4.69, 9.17) is 11.6 Å². The summed E-state index contributed by atoms with van der Waals surface area (Å²) in [5.74, 6) is 0. The molecular weight excluding hydrogens is 114 g/mol. The van der Waals surface area contributed by atoms with Gasteiger partial charge in [0, 0.05) is 5.41 Å². The highest BCUT2D eigenvalue weighted by molar-refractivity contribution is 5.21. The van der Waals surface area contributed by atoms with Crippen LogP contribution in [-0.2, 0) is 4.84 Å². The highest BCUT2D eigenvalue weighted by Crippen LogP contribution is 2.21. The van der Waals surface area contributed by atoms with Gasteiger partial charge in [-0.3, -0.25) is 0 Å². The van der Waals surface area contributed by atoms with Gasteiger partial charge in [0.1, 0.15) is 6.10 Å². The predicted molar refractivity (Wildman–Crippen MR) is 38.5 cm³/mol. The maximum Gasteiger partial charge on any atom is 0.129 e. The topological polar surface area (TPSA) is 21.6 Å². The molecule has 0 rings (SSSR count). The quantitative estimate of drug-likeness (QED) is 0.411. The molecule has 0 N–H and O–H groups in total. The molecular formula is C7H14NO. The van der Waals surface area contributed by atoms with Crippen molar-refractivity contribution >= 4 is 6.72 Å². The molecule has 0 saturated carbocycles. The van der Waals surface area contributed by atoms with Gasteiger partial charge in [-0.05, 0) is 6.92 Å². The molecule has 2 nitrogen and oxygen atoms in total. The van der Waals surface area contributed by atoms with E-state index in [2.05, 4.69) is 25.9 Å². The van der Waals surface area contributed by atoms with Crippen molar-refractivity contribution in [2.24, 2.45) is 10.6 Å². The van der Waals surface area contributed by atoms with Crippen molar-refractivity contribution in [3.63, 3.8) is 0 Å². The molecule has 0 heterocycles. The summed E-state index contributed by atoms with van der Waals surface area (Å²) in [6.07, 6.45) is 0.0718. The number of nitrogens with zero attached hydrogens (tertiary/aromatic N) is 1. The lowest BCUT2D eigenvalue weighted by molar-refractivity contribution is 0.0000169. The van der Waals surface area contributed by atoms with E-state index < -0.39 is 0 Å². The molecule has 0 aromatic carbocycles. The fourth-order valence-corrected chi connectivity index (χ4v) is 0.249. The molecule has 0 aliphatic heterocycles. The van der Waals surface area contributed by atoms with E-state index >= 15 is 0 Å². The van der Waals surface area contributed by atoms with Crippen molar-refractivity contribution in [1.29, 1.82) is 0 Å². The van der Waals surface area contributed by atoms with Gasteiger partial charge in [0.25, 0.3) is 0 Å². The lowest BCUT2D eigenvalue weighted by atomic mass is 9.90. The number of rotatable bonds is 2. The van der Waals surface area contributed by atoms with Gasteiger partial charge in [-0.15, -0.1) is 0 Å². The first-order chi connectivity index (χ1) is 3.98. The second kappa shape index (κ2) is 2.85. The number of hydrogen-bond donors (Lipinski definition) is 0. The van der Waals surface area contributed by atoms with Crippen molar-refractivity contribution < 1.29 is 4.84 Å². The molecule has 9 heavy (non-hydrogen) atoms. The first-order valence-electron chi connectivity index (χ1n) is 3.04. The average Bonchev–Trinajstić information content (AvgIpc) is 1.64. The minimum Gasteiger partial charge on any atom is -0.392 e. The zero-order valence-electron chi connectivity index (χ0n) is 6.51. The summed E-state index contributed by atoms with van der Waals surface area (Å²) in [5.41, 5.74) is 0.114. The van der Waals surface area contributed by atoms with Gasteiger partial charge in [-0.1, -0.05) is 25.9 Å². The van der Waals surface area contributed by atoms with E-state index in [1.165, 1.54) is 0 Å². The van der Waals surface area contributed by atoms with Crippen LogP contribution in [0, 0.1) is 5.41 Å². The maximum atomic E-state index is 4.83. The molecule has 1 atom stereocenters. The van der Waals surface area contributed by atoms with Crippen LogP contribution in [0.5, 0.6) is 0 Å². The lowest BCUT2D eigenvalue weighted by Gasteiger charge is -2.24. The largest absolute Gasteiger partial charge is 0.392 e. The summed E-state index contributed by atoms with van der Waals surface area (Å²) in [6.45, 7) is 13.0. The average molecular weight is 128 g/mol. The Kier molecular flexibility index (Phi) is 2.68. The van der Waals surface area contributed by atoms with Gasteiger partial charge >= 0.3 is 0 Å². The summed E-state index contributed by atoms with van der Waals surface area (Å²) in [7, 11) is 0. The summed E-state index contributed by atoms with van der Waals surface area (Å²) < 4.78 is 0. The molecule has 0 aliphatic carbocycles. The van der Waals surface area contributed by atoms with Crippen molar-refractivity contribution in [2.45, 2.75) is 33.8 Å². The molecule has 0 aromatic heterocycles. The summed E-state index contributed by atoms with van der Waals surface area (Å²) in [5, 5.41) is 3.10. The highest BCUT2D eigenvalue weighted by Gasteiger charge is 2.20. The molecule has 1 unspecified atom stereocenters. The van der Waals surface area contributed by atoms with Gasteiger partial charge in [0.2, 0.25) is 0 Å². The van der Waals surface area contributed by atoms with Crippen molar-refractivity contribution in [1.82, 2.24) is 0 Å². The second-order valence-electron chi connectivity index (χ2n) is 3.22. The zero-order chi connectivity index (χ0) is 7.49. The standard InChI is InChI=1S/C7H14NO/c1-6(9-8-5)7(2,3)4/h5-6H,1-4H3. The molecule has 53 valence electrons. The van der Waals surface area contributed by atoms with Crippen molar-refractivity contribution in [2.75, 3.05) is 0 Å². The molecule has 0 spiro atoms. The third-order valence-electron chi connectivity index (χ3n) is 1.44. The maximum absolute atomic E-state index is 4.83. The lowest BCUT2D eigenvalue weighted by Crippen LogP contribution is -2.23. The molecule has 0 aliphatic rings. The third-order valence-corrected chi connectivity index (χ3v) is 1.44. The first kappa shape index (κ1) is 8.47. The van der Waals surface area contributed by atoms with Crippen LogP contribution < -0.4 is 0 Å². The molecule has 0 fully saturated rings. The van der Waals surface area contributed by atoms with E-state index in [1.807, 2.05) is 6.92 Å². The van der Waals surface area contributed by atoms with Crippen LogP contribution in [0.4, 0.5) is 0 Å². The molecule has 0 amide bonds. The Bertz CT molecular complexity index is 93.6. The second-order valence-corrected chi connectivity index (χ2v) is 3.22. The SMILES string of the molecule is [CH]=NOC(C)C(C)(C)C. The number of hydrogen-bond acceptors (Lipinski definition) is 2. The molecule has 2 heteroatoms. The van der Waals surface area contributed by atoms with Crippen LogP contribution >= 0.6 is 0 Å². The molecule has 0 aromatic rings. The first-order valence-corrected chi connectivity index (χ1v) is 3.04. The van der Waals surface area contributed by atoms with E-state index in [-0.39, 0.29) is 11.5 Å². The Morgan fingerprint density at radius 1 is 1.44 bits per heavy atom. The fraction of sp³-hybridized carbons (Fsp3) is 0.857. The van der Waals surface area contributed by atoms with Crippen LogP contribution in [0.2, 0.25) is 0 Å². The summed E-state index contributed by atoms with van der Waals surface area (Å²) >= 11 is 0. The van der Waals surface area contributed by atoms with E-state index in [0.29, 0.717) is 0 Å². The van der Waals surface area contributed by atoms with E-state index in [0.717, 1.165) is 0 Å². The monoisotopic (exact) mass is 128 g/mol. The van der Waals surface area contributed by atoms with Gasteiger partial charge < -0.3 is 4.84 Å². The Balaban J connectivity index is 3.72. The highest BCUT2D eigenvalue weighted by atomic mass is 16.6. The van der Waals surface area contributed by atoms with E-state index in [9.17, 15) is 0 Å². The Morgan fingerprint density at radius 3 is 2.00 bits per heavy atom. The zero-order valence-corrected chi connectivity index (χ0v) is 6.51. The minimum absolute atomic E-state index is 0.0718. The predicted octanol–water partition coefficient (Wildman–Crippen LogP) is 1.93.